The third-order valence-electron chi connectivity index (χ3n) is 4.10. The van der Waals surface area contributed by atoms with Crippen molar-refractivity contribution in [2.45, 2.75) is 20.4 Å². The van der Waals surface area contributed by atoms with Gasteiger partial charge in [0.2, 0.25) is 11.7 Å². The maximum atomic E-state index is 12.2. The zero-order chi connectivity index (χ0) is 19.5. The van der Waals surface area contributed by atoms with E-state index in [9.17, 15) is 4.79 Å². The third kappa shape index (κ3) is 3.80. The van der Waals surface area contributed by atoms with E-state index in [1.165, 1.54) is 0 Å². The Kier molecular flexibility index (Phi) is 4.67. The van der Waals surface area contributed by atoms with Gasteiger partial charge in [0.05, 0.1) is 6.54 Å². The lowest BCUT2D eigenvalue weighted by molar-refractivity contribution is 0.0946. The van der Waals surface area contributed by atoms with Crippen molar-refractivity contribution in [3.05, 3.63) is 71.4 Å². The maximum absolute atomic E-state index is 12.2. The first-order valence-corrected chi connectivity index (χ1v) is 8.67. The highest BCUT2D eigenvalue weighted by molar-refractivity contribution is 5.94. The molecule has 1 N–H and O–H groups in total. The van der Waals surface area contributed by atoms with Crippen LogP contribution in [0.2, 0.25) is 0 Å². The number of benzene rings is 2. The molecule has 0 aliphatic carbocycles. The van der Waals surface area contributed by atoms with Gasteiger partial charge in [-0.2, -0.15) is 9.97 Å². The van der Waals surface area contributed by atoms with Crippen molar-refractivity contribution in [2.24, 2.45) is 0 Å². The van der Waals surface area contributed by atoms with E-state index in [1.54, 1.807) is 19.1 Å². The molecule has 4 aromatic rings. The smallest absolute Gasteiger partial charge is 0.257 e. The summed E-state index contributed by atoms with van der Waals surface area (Å²) in [6.07, 6.45) is 0. The summed E-state index contributed by atoms with van der Waals surface area (Å²) in [5.41, 5.74) is 3.26. The van der Waals surface area contributed by atoms with Crippen molar-refractivity contribution in [1.29, 1.82) is 0 Å². The first-order chi connectivity index (χ1) is 13.6. The number of rotatable bonds is 5. The van der Waals surface area contributed by atoms with E-state index in [0.29, 0.717) is 29.0 Å². The van der Waals surface area contributed by atoms with E-state index in [0.717, 1.165) is 16.7 Å². The minimum atomic E-state index is -0.195. The quantitative estimate of drug-likeness (QED) is 0.570. The first kappa shape index (κ1) is 17.6. The number of amides is 1. The number of nitrogens with zero attached hydrogens (tertiary/aromatic N) is 4. The molecule has 140 valence electrons. The Morgan fingerprint density at radius 2 is 1.61 bits per heavy atom. The summed E-state index contributed by atoms with van der Waals surface area (Å²) < 4.78 is 10.4. The molecule has 8 nitrogen and oxygen atoms in total. The largest absolute Gasteiger partial charge is 0.343 e. The number of carbonyl (C=O) groups is 1. The van der Waals surface area contributed by atoms with Gasteiger partial charge in [-0.3, -0.25) is 4.79 Å². The Labute approximate surface area is 160 Å². The Morgan fingerprint density at radius 1 is 0.893 bits per heavy atom. The van der Waals surface area contributed by atoms with Crippen molar-refractivity contribution < 1.29 is 13.8 Å². The van der Waals surface area contributed by atoms with E-state index in [-0.39, 0.29) is 12.5 Å². The van der Waals surface area contributed by atoms with E-state index in [4.69, 9.17) is 9.05 Å². The monoisotopic (exact) mass is 375 g/mol. The molecule has 0 atom stereocenters. The van der Waals surface area contributed by atoms with Gasteiger partial charge in [0.1, 0.15) is 0 Å². The fraction of sp³-hybridized carbons (Fsp3) is 0.150. The van der Waals surface area contributed by atoms with Gasteiger partial charge in [0.15, 0.2) is 5.82 Å². The van der Waals surface area contributed by atoms with Crippen molar-refractivity contribution >= 4 is 5.91 Å². The van der Waals surface area contributed by atoms with Crippen LogP contribution in [0.25, 0.3) is 22.8 Å². The second-order valence-corrected chi connectivity index (χ2v) is 6.28. The Balaban J connectivity index is 1.41. The lowest BCUT2D eigenvalue weighted by atomic mass is 10.1. The Bertz CT molecular complexity index is 1100. The molecular weight excluding hydrogens is 358 g/mol. The predicted octanol–water partition coefficient (Wildman–Crippen LogP) is 3.33. The van der Waals surface area contributed by atoms with Crippen molar-refractivity contribution in [2.75, 3.05) is 0 Å². The zero-order valence-electron chi connectivity index (χ0n) is 15.3. The molecule has 2 aromatic heterocycles. The molecule has 28 heavy (non-hydrogen) atoms. The van der Waals surface area contributed by atoms with Crippen LogP contribution in [0.15, 0.2) is 57.6 Å². The van der Waals surface area contributed by atoms with Gasteiger partial charge < -0.3 is 14.4 Å². The lowest BCUT2D eigenvalue weighted by Gasteiger charge is -2.02. The molecule has 0 radical (unpaired) electrons. The highest BCUT2D eigenvalue weighted by atomic mass is 16.5. The predicted molar refractivity (Wildman–Crippen MR) is 100 cm³/mol. The fourth-order valence-electron chi connectivity index (χ4n) is 2.58. The summed E-state index contributed by atoms with van der Waals surface area (Å²) in [5, 5.41) is 10.5. The van der Waals surface area contributed by atoms with Gasteiger partial charge in [-0.1, -0.05) is 40.1 Å². The number of aryl methyl sites for hydroxylation is 2. The lowest BCUT2D eigenvalue weighted by Crippen LogP contribution is -2.22. The standard InChI is InChI=1S/C20H17N5O3/c1-12-3-5-15(6-4-12)19(26)21-11-17-23-18(25-27-17)14-7-9-16(10-8-14)20-22-13(2)24-28-20/h3-10H,11H2,1-2H3,(H,21,26). The number of hydrogen-bond acceptors (Lipinski definition) is 7. The van der Waals surface area contributed by atoms with Crippen LogP contribution in [0.4, 0.5) is 0 Å². The number of aromatic nitrogens is 4. The van der Waals surface area contributed by atoms with Crippen LogP contribution in [-0.4, -0.2) is 26.2 Å². The van der Waals surface area contributed by atoms with Gasteiger partial charge in [-0.05, 0) is 38.1 Å². The molecule has 0 spiro atoms. The molecular formula is C20H17N5O3. The summed E-state index contributed by atoms with van der Waals surface area (Å²) in [5.74, 6) is 1.60. The van der Waals surface area contributed by atoms with Crippen LogP contribution in [-0.2, 0) is 6.54 Å². The maximum Gasteiger partial charge on any atom is 0.257 e. The molecule has 1 amide bonds. The van der Waals surface area contributed by atoms with Crippen LogP contribution in [0.3, 0.4) is 0 Å². The average molecular weight is 375 g/mol. The summed E-state index contributed by atoms with van der Waals surface area (Å²) in [4.78, 5) is 20.7. The second kappa shape index (κ2) is 7.43. The van der Waals surface area contributed by atoms with Gasteiger partial charge >= 0.3 is 0 Å². The van der Waals surface area contributed by atoms with Crippen molar-refractivity contribution in [3.63, 3.8) is 0 Å². The van der Waals surface area contributed by atoms with Crippen molar-refractivity contribution in [1.82, 2.24) is 25.6 Å². The van der Waals surface area contributed by atoms with Crippen LogP contribution < -0.4 is 5.32 Å². The molecule has 0 aliphatic rings. The van der Waals surface area contributed by atoms with Gasteiger partial charge in [-0.15, -0.1) is 0 Å². The number of nitrogens with one attached hydrogen (secondary N) is 1. The second-order valence-electron chi connectivity index (χ2n) is 6.28. The van der Waals surface area contributed by atoms with E-state index < -0.39 is 0 Å². The van der Waals surface area contributed by atoms with Crippen LogP contribution in [0.1, 0.15) is 27.6 Å². The molecule has 8 heteroatoms. The van der Waals surface area contributed by atoms with Gasteiger partial charge in [-0.25, -0.2) is 0 Å². The fourth-order valence-corrected chi connectivity index (χ4v) is 2.58. The number of carbonyl (C=O) groups excluding carboxylic acids is 1. The Morgan fingerprint density at radius 3 is 2.29 bits per heavy atom. The van der Waals surface area contributed by atoms with Crippen LogP contribution >= 0.6 is 0 Å². The van der Waals surface area contributed by atoms with E-state index in [2.05, 4.69) is 25.6 Å². The average Bonchev–Trinajstić information content (AvgIpc) is 3.36. The van der Waals surface area contributed by atoms with Crippen molar-refractivity contribution in [3.8, 4) is 22.8 Å². The van der Waals surface area contributed by atoms with E-state index >= 15 is 0 Å². The van der Waals surface area contributed by atoms with Gasteiger partial charge in [0, 0.05) is 16.7 Å². The molecule has 0 saturated heterocycles. The summed E-state index contributed by atoms with van der Waals surface area (Å²) in [6.45, 7) is 3.89. The molecule has 0 saturated carbocycles. The molecule has 0 fully saturated rings. The molecule has 0 aliphatic heterocycles. The summed E-state index contributed by atoms with van der Waals surface area (Å²) in [7, 11) is 0. The molecule has 0 unspecified atom stereocenters. The SMILES string of the molecule is Cc1ccc(C(=O)NCc2nc(-c3ccc(-c4nc(C)no4)cc3)no2)cc1. The van der Waals surface area contributed by atoms with Gasteiger partial charge in [0.25, 0.3) is 11.8 Å². The number of hydrogen-bond donors (Lipinski definition) is 1. The van der Waals surface area contributed by atoms with Crippen LogP contribution in [0.5, 0.6) is 0 Å². The highest BCUT2D eigenvalue weighted by Gasteiger charge is 2.12. The zero-order valence-corrected chi connectivity index (χ0v) is 15.3. The normalized spacial score (nSPS) is 10.8. The molecule has 0 bridgehead atoms. The minimum Gasteiger partial charge on any atom is -0.343 e. The van der Waals surface area contributed by atoms with Crippen LogP contribution in [0, 0.1) is 13.8 Å². The minimum absolute atomic E-state index is 0.152. The molecule has 2 heterocycles. The Hall–Kier alpha value is -3.81. The first-order valence-electron chi connectivity index (χ1n) is 8.67. The summed E-state index contributed by atoms with van der Waals surface area (Å²) in [6, 6.07) is 14.7. The topological polar surface area (TPSA) is 107 Å². The third-order valence-corrected chi connectivity index (χ3v) is 4.10. The highest BCUT2D eigenvalue weighted by Crippen LogP contribution is 2.22. The molecule has 4 rings (SSSR count). The van der Waals surface area contributed by atoms with E-state index in [1.807, 2.05) is 43.3 Å². The molecule has 2 aromatic carbocycles. The summed E-state index contributed by atoms with van der Waals surface area (Å²) >= 11 is 0.